The number of hydrogen-bond acceptors (Lipinski definition) is 0. The van der Waals surface area contributed by atoms with E-state index in [2.05, 4.69) is 248 Å². The van der Waals surface area contributed by atoms with E-state index in [0.717, 1.165) is 0 Å². The molecule has 0 N–H and O–H groups in total. The van der Waals surface area contributed by atoms with Gasteiger partial charge in [0.1, 0.15) is 0 Å². The standard InChI is InChI=1S/C53H71Si.3ClH.Ti/c1-48(2,3)37-27-38(49(4,5)6)31-43(30-37)54(47-26-22-25-46(47)36-23-20-19-21-24-36,44-32-39(50(7,8)9)28-40(33-44)51(10,11)12)45-34-41(52(13,14)15)29-42(35-45)53(16,17)18;;;;/h19-35H,1-18H3;3*1H;/q;;;;+3/p-3. The molecule has 0 saturated heterocycles. The fraction of sp³-hybridized carbons (Fsp3) is 0.472. The van der Waals surface area contributed by atoms with Crippen LogP contribution in [-0.4, -0.2) is 8.07 Å². The average Bonchev–Trinajstić information content (AvgIpc) is 3.45. The Hall–Kier alpha value is -1.84. The summed E-state index contributed by atoms with van der Waals surface area (Å²) in [7, 11) is -3.18. The van der Waals surface area contributed by atoms with Crippen molar-refractivity contribution >= 4 is 29.2 Å². The van der Waals surface area contributed by atoms with Gasteiger partial charge in [0.15, 0.2) is 0 Å². The second-order valence-electron chi connectivity index (χ2n) is 22.8. The van der Waals surface area contributed by atoms with Crippen LogP contribution in [0.15, 0.2) is 103 Å². The van der Waals surface area contributed by atoms with E-state index < -0.39 is 8.07 Å². The fourth-order valence-corrected chi connectivity index (χ4v) is 16.2. The van der Waals surface area contributed by atoms with Crippen molar-refractivity contribution in [3.63, 3.8) is 0 Å². The zero-order chi connectivity index (χ0) is 41.4. The van der Waals surface area contributed by atoms with E-state index in [1.165, 1.54) is 60.1 Å². The van der Waals surface area contributed by atoms with Gasteiger partial charge >= 0.3 is 352 Å². The molecule has 0 fully saturated rings. The van der Waals surface area contributed by atoms with Crippen molar-refractivity contribution in [1.29, 1.82) is 0 Å². The van der Waals surface area contributed by atoms with Crippen LogP contribution >= 0.6 is 0 Å². The molecule has 0 radical (unpaired) electrons. The van der Waals surface area contributed by atoms with Crippen LogP contribution in [0.25, 0.3) is 5.57 Å². The Morgan fingerprint density at radius 3 is 0.897 bits per heavy atom. The predicted octanol–water partition coefficient (Wildman–Crippen LogP) is 3.85. The first kappa shape index (κ1) is 52.3. The molecular formula is C53H71Cl3SiTi. The molecule has 58 heavy (non-hydrogen) atoms. The van der Waals surface area contributed by atoms with Gasteiger partial charge in [0, 0.05) is 0 Å². The van der Waals surface area contributed by atoms with Crippen molar-refractivity contribution in [3.8, 4) is 0 Å². The Labute approximate surface area is 386 Å². The van der Waals surface area contributed by atoms with Crippen LogP contribution in [-0.2, 0) is 52.9 Å². The molecule has 4 aromatic carbocycles. The second-order valence-corrected chi connectivity index (χ2v) is 28.8. The molecule has 4 aromatic rings. The Balaban J connectivity index is 0.00000387. The van der Waals surface area contributed by atoms with Gasteiger partial charge in [-0.2, -0.15) is 0 Å². The first-order valence-corrected chi connectivity index (χ1v) is 23.4. The van der Waals surface area contributed by atoms with Gasteiger partial charge in [0.25, 0.3) is 0 Å². The second kappa shape index (κ2) is 17.5. The Kier molecular flexibility index (Phi) is 15.8. The first-order valence-electron chi connectivity index (χ1n) is 20.6. The monoisotopic (exact) mass is 888 g/mol. The maximum absolute atomic E-state index is 3.18. The number of rotatable bonds is 5. The molecule has 0 spiro atoms. The van der Waals surface area contributed by atoms with E-state index in [-0.39, 0.29) is 73.1 Å². The molecular weight excluding hydrogens is 819 g/mol. The van der Waals surface area contributed by atoms with E-state index in [1.54, 1.807) is 0 Å². The van der Waals surface area contributed by atoms with Crippen LogP contribution < -0.4 is 52.8 Å². The van der Waals surface area contributed by atoms with Gasteiger partial charge in [0.2, 0.25) is 0 Å². The molecule has 1 atom stereocenters. The molecule has 0 saturated carbocycles. The predicted molar refractivity (Wildman–Crippen MR) is 242 cm³/mol. The minimum Gasteiger partial charge on any atom is -1.00 e. The maximum atomic E-state index is 2.66. The topological polar surface area (TPSA) is 0 Å². The fourth-order valence-electron chi connectivity index (χ4n) is 8.09. The molecule has 312 valence electrons. The molecule has 5 rings (SSSR count). The molecule has 0 aliphatic heterocycles. The van der Waals surface area contributed by atoms with Crippen LogP contribution in [0.4, 0.5) is 0 Å². The van der Waals surface area contributed by atoms with Crippen LogP contribution in [0.5, 0.6) is 0 Å². The van der Waals surface area contributed by atoms with E-state index in [1.807, 2.05) is 0 Å². The number of hydrogen-bond donors (Lipinski definition) is 0. The number of halogens is 3. The molecule has 0 aromatic heterocycles. The van der Waals surface area contributed by atoms with Crippen molar-refractivity contribution in [2.24, 2.45) is 0 Å². The van der Waals surface area contributed by atoms with Crippen molar-refractivity contribution in [1.82, 2.24) is 0 Å². The summed E-state index contributed by atoms with van der Waals surface area (Å²) in [6, 6.07) is 34.7. The first-order chi connectivity index (χ1) is 24.9. The van der Waals surface area contributed by atoms with Crippen molar-refractivity contribution in [2.45, 2.75) is 160 Å². The summed E-state index contributed by atoms with van der Waals surface area (Å²) < 4.78 is -0.336. The SMILES string of the molecule is CC(C)(C)c1cc(C(C)(C)C)cc([Si](c2cc(C(C)(C)C)cc(C(C)(C)C)c2)(c2cc(C(C)(C)C)cc(C(C)(C)C)c2)[C]2([Ti+3])C=CC=C2c2ccccc2)c1.[Cl-].[Cl-].[Cl-]. The quantitative estimate of drug-likeness (QED) is 0.211. The molecule has 1 aliphatic rings. The normalized spacial score (nSPS) is 16.6. The molecule has 5 heteroatoms. The summed E-state index contributed by atoms with van der Waals surface area (Å²) in [6.45, 7) is 43.1. The molecule has 0 heterocycles. The van der Waals surface area contributed by atoms with E-state index in [9.17, 15) is 0 Å². The third-order valence-electron chi connectivity index (χ3n) is 12.0. The number of allylic oxidation sites excluding steroid dienone is 4. The molecule has 0 nitrogen and oxygen atoms in total. The van der Waals surface area contributed by atoms with Gasteiger partial charge < -0.3 is 37.2 Å². The Morgan fingerprint density at radius 2 is 0.655 bits per heavy atom. The zero-order valence-corrected chi connectivity index (χ0v) is 43.8. The molecule has 0 amide bonds. The minimum absolute atomic E-state index is 0. The summed E-state index contributed by atoms with van der Waals surface area (Å²) in [5.74, 6) is 0. The van der Waals surface area contributed by atoms with Gasteiger partial charge in [-0.3, -0.25) is 0 Å². The summed E-state index contributed by atoms with van der Waals surface area (Å²) >= 11 is 2.60. The van der Waals surface area contributed by atoms with Gasteiger partial charge in [-0.15, -0.1) is 0 Å². The molecule has 1 unspecified atom stereocenters. The van der Waals surface area contributed by atoms with Gasteiger partial charge in [-0.1, -0.05) is 0 Å². The minimum atomic E-state index is -3.18. The third kappa shape index (κ3) is 10.3. The van der Waals surface area contributed by atoms with Crippen LogP contribution in [0, 0.1) is 0 Å². The van der Waals surface area contributed by atoms with Crippen molar-refractivity contribution in [3.05, 3.63) is 142 Å². The van der Waals surface area contributed by atoms with Crippen LogP contribution in [0.2, 0.25) is 3.34 Å². The number of benzene rings is 4. The largest absolute Gasteiger partial charge is 1.00 e. The molecule has 1 aliphatic carbocycles. The molecule has 0 bridgehead atoms. The van der Waals surface area contributed by atoms with Crippen molar-refractivity contribution in [2.75, 3.05) is 0 Å². The van der Waals surface area contributed by atoms with Crippen LogP contribution in [0.3, 0.4) is 0 Å². The Bertz CT molecular complexity index is 1840. The van der Waals surface area contributed by atoms with E-state index in [0.29, 0.717) is 0 Å². The van der Waals surface area contributed by atoms with Gasteiger partial charge in [-0.25, -0.2) is 0 Å². The average molecular weight is 890 g/mol. The summed E-state index contributed by atoms with van der Waals surface area (Å²) in [6.07, 6.45) is 7.41. The maximum Gasteiger partial charge on any atom is -1.00 e. The summed E-state index contributed by atoms with van der Waals surface area (Å²) in [5.41, 5.74) is 11.0. The van der Waals surface area contributed by atoms with E-state index >= 15 is 0 Å². The van der Waals surface area contributed by atoms with Crippen LogP contribution in [0.1, 0.15) is 164 Å². The third-order valence-corrected chi connectivity index (χ3v) is 19.5. The Morgan fingerprint density at radius 1 is 0.397 bits per heavy atom. The zero-order valence-electron chi connectivity index (χ0n) is 38.9. The summed E-state index contributed by atoms with van der Waals surface area (Å²) in [5, 5.41) is 4.49. The van der Waals surface area contributed by atoms with Gasteiger partial charge in [-0.05, 0) is 0 Å². The smallest absolute Gasteiger partial charge is 1.00 e. The summed E-state index contributed by atoms with van der Waals surface area (Å²) in [4.78, 5) is 0. The van der Waals surface area contributed by atoms with Crippen molar-refractivity contribution < 1.29 is 57.7 Å². The van der Waals surface area contributed by atoms with E-state index in [4.69, 9.17) is 0 Å². The van der Waals surface area contributed by atoms with Gasteiger partial charge in [0.05, 0.1) is 0 Å².